The fraction of sp³-hybridized carbons (Fsp3) is 0.500. The zero-order chi connectivity index (χ0) is 9.97. The van der Waals surface area contributed by atoms with Gasteiger partial charge in [-0.2, -0.15) is 0 Å². The number of hydrogen-bond donors (Lipinski definition) is 2. The second-order valence-corrected chi connectivity index (χ2v) is 3.33. The quantitative estimate of drug-likeness (QED) is 0.753. The number of hydrogen-bond acceptors (Lipinski definition) is 3. The van der Waals surface area contributed by atoms with Gasteiger partial charge in [0.05, 0.1) is 6.61 Å². The molecule has 0 aliphatic carbocycles. The first-order valence-corrected chi connectivity index (χ1v) is 4.90. The molecular weight excluding hydrogens is 216 g/mol. The number of H-pyrrole nitrogens is 1. The second kappa shape index (κ2) is 5.19. The first-order valence-electron chi connectivity index (χ1n) is 4.90. The number of aromatic nitrogens is 1. The van der Waals surface area contributed by atoms with Crippen molar-refractivity contribution in [2.24, 2.45) is 0 Å². The molecule has 0 aromatic carbocycles. The summed E-state index contributed by atoms with van der Waals surface area (Å²) in [5, 5.41) is 3.24. The van der Waals surface area contributed by atoms with Crippen molar-refractivity contribution in [3.63, 3.8) is 0 Å². The summed E-state index contributed by atoms with van der Waals surface area (Å²) in [5.74, 6) is -0.262. The molecule has 0 spiro atoms. The topological polar surface area (TPSA) is 54.1 Å². The Balaban J connectivity index is 0.00000112. The van der Waals surface area contributed by atoms with E-state index in [-0.39, 0.29) is 18.4 Å². The van der Waals surface area contributed by atoms with Crippen LogP contribution in [0.2, 0.25) is 0 Å². The van der Waals surface area contributed by atoms with Crippen LogP contribution in [0.15, 0.2) is 6.07 Å². The monoisotopic (exact) mass is 230 g/mol. The minimum atomic E-state index is -0.262. The maximum atomic E-state index is 11.4. The zero-order valence-electron chi connectivity index (χ0n) is 8.63. The van der Waals surface area contributed by atoms with E-state index in [9.17, 15) is 4.79 Å². The van der Waals surface area contributed by atoms with Crippen LogP contribution in [0.3, 0.4) is 0 Å². The van der Waals surface area contributed by atoms with Crippen molar-refractivity contribution in [3.05, 3.63) is 23.0 Å². The number of carbonyl (C=O) groups excluding carboxylic acids is 1. The van der Waals surface area contributed by atoms with Gasteiger partial charge in [0.1, 0.15) is 5.69 Å². The van der Waals surface area contributed by atoms with Gasteiger partial charge in [0, 0.05) is 12.2 Å². The lowest BCUT2D eigenvalue weighted by Gasteiger charge is -2.11. The highest BCUT2D eigenvalue weighted by atomic mass is 35.5. The van der Waals surface area contributed by atoms with Crippen LogP contribution >= 0.6 is 12.4 Å². The number of carbonyl (C=O) groups is 1. The summed E-state index contributed by atoms with van der Waals surface area (Å²) < 4.78 is 4.92. The van der Waals surface area contributed by atoms with E-state index in [1.807, 2.05) is 13.0 Å². The van der Waals surface area contributed by atoms with Gasteiger partial charge in [-0.1, -0.05) is 0 Å². The van der Waals surface area contributed by atoms with Crippen LogP contribution in [0.1, 0.15) is 28.7 Å². The van der Waals surface area contributed by atoms with Crippen molar-refractivity contribution in [1.82, 2.24) is 10.3 Å². The lowest BCUT2D eigenvalue weighted by Crippen LogP contribution is -2.22. The number of halogens is 1. The molecule has 1 aliphatic rings. The number of rotatable bonds is 2. The summed E-state index contributed by atoms with van der Waals surface area (Å²) in [6.07, 6.45) is 0.977. The Kier molecular flexibility index (Phi) is 4.17. The van der Waals surface area contributed by atoms with E-state index < -0.39 is 0 Å². The van der Waals surface area contributed by atoms with Crippen LogP contribution in [0.4, 0.5) is 0 Å². The van der Waals surface area contributed by atoms with Crippen LogP contribution in [0, 0.1) is 0 Å². The second-order valence-electron chi connectivity index (χ2n) is 3.33. The van der Waals surface area contributed by atoms with E-state index in [1.54, 1.807) is 0 Å². The van der Waals surface area contributed by atoms with Crippen molar-refractivity contribution >= 4 is 18.4 Å². The summed E-state index contributed by atoms with van der Waals surface area (Å²) in [6.45, 7) is 4.02. The van der Waals surface area contributed by atoms with Crippen molar-refractivity contribution in [2.75, 3.05) is 13.2 Å². The Morgan fingerprint density at radius 3 is 3.07 bits per heavy atom. The zero-order valence-corrected chi connectivity index (χ0v) is 9.45. The predicted molar refractivity (Wildman–Crippen MR) is 59.4 cm³/mol. The molecule has 2 heterocycles. The fourth-order valence-electron chi connectivity index (χ4n) is 1.68. The third-order valence-corrected chi connectivity index (χ3v) is 2.36. The Labute approximate surface area is 94.8 Å². The van der Waals surface area contributed by atoms with E-state index in [1.165, 1.54) is 5.56 Å². The highest BCUT2D eigenvalue weighted by Crippen LogP contribution is 2.15. The summed E-state index contributed by atoms with van der Waals surface area (Å²) in [6, 6.07) is 1.90. The lowest BCUT2D eigenvalue weighted by molar-refractivity contribution is 0.0520. The summed E-state index contributed by atoms with van der Waals surface area (Å²) in [7, 11) is 0. The average Bonchev–Trinajstić information content (AvgIpc) is 2.61. The van der Waals surface area contributed by atoms with Gasteiger partial charge in [0.15, 0.2) is 0 Å². The molecule has 5 heteroatoms. The van der Waals surface area contributed by atoms with Crippen molar-refractivity contribution < 1.29 is 9.53 Å². The average molecular weight is 231 g/mol. The summed E-state index contributed by atoms with van der Waals surface area (Å²) in [5.41, 5.74) is 2.91. The van der Waals surface area contributed by atoms with Crippen LogP contribution in [-0.2, 0) is 17.7 Å². The molecule has 0 radical (unpaired) electrons. The van der Waals surface area contributed by atoms with Crippen LogP contribution in [-0.4, -0.2) is 24.1 Å². The van der Waals surface area contributed by atoms with Gasteiger partial charge < -0.3 is 15.0 Å². The first-order chi connectivity index (χ1) is 6.81. The SMILES string of the molecule is CCOC(=O)c1cc2c([nH]1)CNCC2.Cl. The van der Waals surface area contributed by atoms with Crippen molar-refractivity contribution in [2.45, 2.75) is 19.9 Å². The number of nitrogens with one attached hydrogen (secondary N) is 2. The molecule has 0 fully saturated rings. The molecule has 84 valence electrons. The van der Waals surface area contributed by atoms with Gasteiger partial charge in [0.25, 0.3) is 0 Å². The number of aromatic amines is 1. The van der Waals surface area contributed by atoms with E-state index in [0.717, 1.165) is 25.2 Å². The maximum Gasteiger partial charge on any atom is 0.354 e. The molecule has 2 N–H and O–H groups in total. The molecule has 1 aliphatic heterocycles. The minimum absolute atomic E-state index is 0. The van der Waals surface area contributed by atoms with E-state index in [0.29, 0.717) is 12.3 Å². The third kappa shape index (κ3) is 2.52. The van der Waals surface area contributed by atoms with Gasteiger partial charge in [-0.05, 0) is 31.5 Å². The molecule has 0 atom stereocenters. The Morgan fingerprint density at radius 1 is 1.60 bits per heavy atom. The Hall–Kier alpha value is -1.00. The third-order valence-electron chi connectivity index (χ3n) is 2.36. The van der Waals surface area contributed by atoms with Crippen molar-refractivity contribution in [3.8, 4) is 0 Å². The first kappa shape index (κ1) is 12.1. The maximum absolute atomic E-state index is 11.4. The van der Waals surface area contributed by atoms with Gasteiger partial charge >= 0.3 is 5.97 Å². The minimum Gasteiger partial charge on any atom is -0.461 e. The highest BCUT2D eigenvalue weighted by molar-refractivity contribution is 5.87. The molecule has 0 saturated heterocycles. The molecule has 1 aromatic rings. The predicted octanol–water partition coefficient (Wildman–Crippen LogP) is 1.26. The normalized spacial score (nSPS) is 13.9. The fourth-order valence-corrected chi connectivity index (χ4v) is 1.68. The Morgan fingerprint density at radius 2 is 2.40 bits per heavy atom. The molecule has 0 amide bonds. The van der Waals surface area contributed by atoms with E-state index in [4.69, 9.17) is 4.74 Å². The number of esters is 1. The highest BCUT2D eigenvalue weighted by Gasteiger charge is 2.16. The van der Waals surface area contributed by atoms with Gasteiger partial charge in [-0.3, -0.25) is 0 Å². The van der Waals surface area contributed by atoms with Gasteiger partial charge in [-0.25, -0.2) is 4.79 Å². The molecule has 4 nitrogen and oxygen atoms in total. The van der Waals surface area contributed by atoms with Crippen LogP contribution in [0.5, 0.6) is 0 Å². The summed E-state index contributed by atoms with van der Waals surface area (Å²) >= 11 is 0. The molecule has 15 heavy (non-hydrogen) atoms. The van der Waals surface area contributed by atoms with E-state index >= 15 is 0 Å². The lowest BCUT2D eigenvalue weighted by atomic mass is 10.1. The molecule has 2 rings (SSSR count). The standard InChI is InChI=1S/C10H14N2O2.ClH/c1-2-14-10(13)8-5-7-3-4-11-6-9(7)12-8;/h5,11-12H,2-4,6H2,1H3;1H. The molecule has 0 saturated carbocycles. The summed E-state index contributed by atoms with van der Waals surface area (Å²) in [4.78, 5) is 14.5. The molecule has 0 unspecified atom stereocenters. The van der Waals surface area contributed by atoms with Crippen LogP contribution < -0.4 is 5.32 Å². The molecular formula is C10H15ClN2O2. The Bertz CT molecular complexity index is 326. The van der Waals surface area contributed by atoms with Gasteiger partial charge in [-0.15, -0.1) is 12.4 Å². The molecule has 1 aromatic heterocycles. The van der Waals surface area contributed by atoms with Crippen molar-refractivity contribution in [1.29, 1.82) is 0 Å². The number of ether oxygens (including phenoxy) is 1. The van der Waals surface area contributed by atoms with Gasteiger partial charge in [0.2, 0.25) is 0 Å². The van der Waals surface area contributed by atoms with Crippen LogP contribution in [0.25, 0.3) is 0 Å². The molecule has 0 bridgehead atoms. The van der Waals surface area contributed by atoms with E-state index in [2.05, 4.69) is 10.3 Å². The largest absolute Gasteiger partial charge is 0.461 e. The smallest absolute Gasteiger partial charge is 0.354 e. The number of fused-ring (bicyclic) bond motifs is 1.